The van der Waals surface area contributed by atoms with E-state index in [9.17, 15) is 4.79 Å². The molecule has 3 heteroatoms. The lowest BCUT2D eigenvalue weighted by Crippen LogP contribution is -2.25. The van der Waals surface area contributed by atoms with E-state index in [0.717, 1.165) is 6.42 Å². The quantitative estimate of drug-likeness (QED) is 0.815. The minimum atomic E-state index is 0.0444. The Labute approximate surface area is 114 Å². The Morgan fingerprint density at radius 2 is 2.00 bits per heavy atom. The van der Waals surface area contributed by atoms with Crippen molar-refractivity contribution in [1.29, 1.82) is 0 Å². The highest BCUT2D eigenvalue weighted by molar-refractivity contribution is 6.18. The van der Waals surface area contributed by atoms with Crippen LogP contribution in [0.25, 0.3) is 0 Å². The molecule has 2 rings (SSSR count). The van der Waals surface area contributed by atoms with Crippen molar-refractivity contribution in [2.24, 2.45) is 0 Å². The van der Waals surface area contributed by atoms with E-state index in [1.807, 2.05) is 0 Å². The Morgan fingerprint density at radius 1 is 1.22 bits per heavy atom. The number of carbonyl (C=O) groups is 1. The number of rotatable bonds is 5. The zero-order valence-electron chi connectivity index (χ0n) is 10.7. The Balaban J connectivity index is 1.84. The number of amides is 1. The fourth-order valence-corrected chi connectivity index (χ4v) is 2.63. The Bertz CT molecular complexity index is 417. The summed E-state index contributed by atoms with van der Waals surface area (Å²) in [6, 6.07) is 6.75. The standard InChI is InChI=1S/C15H20ClNO/c16-9-7-15(18)17-10-8-12-5-6-13-3-1-2-4-14(13)11-12/h5-6,11H,1-4,7-10H2,(H,17,18). The van der Waals surface area contributed by atoms with Crippen LogP contribution in [-0.2, 0) is 24.1 Å². The van der Waals surface area contributed by atoms with E-state index in [2.05, 4.69) is 23.5 Å². The van der Waals surface area contributed by atoms with E-state index in [0.29, 0.717) is 18.8 Å². The van der Waals surface area contributed by atoms with Crippen LogP contribution in [0.5, 0.6) is 0 Å². The van der Waals surface area contributed by atoms with Crippen LogP contribution < -0.4 is 5.32 Å². The lowest BCUT2D eigenvalue weighted by Gasteiger charge is -2.16. The zero-order chi connectivity index (χ0) is 12.8. The fourth-order valence-electron chi connectivity index (χ4n) is 2.46. The summed E-state index contributed by atoms with van der Waals surface area (Å²) in [4.78, 5) is 11.3. The normalized spacial score (nSPS) is 14.1. The van der Waals surface area contributed by atoms with Gasteiger partial charge in [-0.25, -0.2) is 0 Å². The van der Waals surface area contributed by atoms with Gasteiger partial charge in [0, 0.05) is 18.8 Å². The van der Waals surface area contributed by atoms with Gasteiger partial charge in [0.05, 0.1) is 0 Å². The lowest BCUT2D eigenvalue weighted by molar-refractivity contribution is -0.120. The van der Waals surface area contributed by atoms with Crippen LogP contribution >= 0.6 is 11.6 Å². The largest absolute Gasteiger partial charge is 0.356 e. The first-order valence-electron chi connectivity index (χ1n) is 6.73. The maximum absolute atomic E-state index is 11.3. The topological polar surface area (TPSA) is 29.1 Å². The van der Waals surface area contributed by atoms with Gasteiger partial charge in [0.1, 0.15) is 0 Å². The van der Waals surface area contributed by atoms with Crippen LogP contribution in [0.4, 0.5) is 0 Å². The summed E-state index contributed by atoms with van der Waals surface area (Å²) >= 11 is 5.51. The Morgan fingerprint density at radius 3 is 2.78 bits per heavy atom. The molecule has 1 N–H and O–H groups in total. The summed E-state index contributed by atoms with van der Waals surface area (Å²) in [5.74, 6) is 0.438. The van der Waals surface area contributed by atoms with Crippen molar-refractivity contribution in [3.63, 3.8) is 0 Å². The van der Waals surface area contributed by atoms with Gasteiger partial charge in [0.25, 0.3) is 0 Å². The second-order valence-corrected chi connectivity index (χ2v) is 5.23. The summed E-state index contributed by atoms with van der Waals surface area (Å²) < 4.78 is 0. The number of hydrogen-bond acceptors (Lipinski definition) is 1. The highest BCUT2D eigenvalue weighted by Crippen LogP contribution is 2.22. The fraction of sp³-hybridized carbons (Fsp3) is 0.533. The Kier molecular flexibility index (Phi) is 5.06. The van der Waals surface area contributed by atoms with Gasteiger partial charge in [-0.1, -0.05) is 18.2 Å². The first-order chi connectivity index (χ1) is 8.79. The van der Waals surface area contributed by atoms with Gasteiger partial charge < -0.3 is 5.32 Å². The molecule has 0 heterocycles. The van der Waals surface area contributed by atoms with Crippen molar-refractivity contribution in [2.75, 3.05) is 12.4 Å². The van der Waals surface area contributed by atoms with Gasteiger partial charge in [0.2, 0.25) is 5.91 Å². The second-order valence-electron chi connectivity index (χ2n) is 4.85. The molecule has 0 spiro atoms. The van der Waals surface area contributed by atoms with Gasteiger partial charge in [0.15, 0.2) is 0 Å². The number of carbonyl (C=O) groups excluding carboxylic acids is 1. The van der Waals surface area contributed by atoms with Crippen LogP contribution in [0.2, 0.25) is 0 Å². The maximum Gasteiger partial charge on any atom is 0.221 e. The van der Waals surface area contributed by atoms with E-state index >= 15 is 0 Å². The third-order valence-electron chi connectivity index (χ3n) is 3.47. The second kappa shape index (κ2) is 6.79. The molecule has 1 aromatic carbocycles. The Hall–Kier alpha value is -1.02. The van der Waals surface area contributed by atoms with E-state index in [1.54, 1.807) is 0 Å². The molecule has 0 bridgehead atoms. The molecule has 1 aliphatic carbocycles. The van der Waals surface area contributed by atoms with Gasteiger partial charge >= 0.3 is 0 Å². The SMILES string of the molecule is O=C(CCCl)NCCc1ccc2c(c1)CCCC2. The van der Waals surface area contributed by atoms with Gasteiger partial charge in [-0.15, -0.1) is 11.6 Å². The molecule has 0 unspecified atom stereocenters. The van der Waals surface area contributed by atoms with E-state index < -0.39 is 0 Å². The number of aryl methyl sites for hydroxylation is 2. The molecule has 1 aliphatic rings. The van der Waals surface area contributed by atoms with Gasteiger partial charge in [-0.05, 0) is 48.8 Å². The molecule has 0 radical (unpaired) electrons. The molecule has 0 aliphatic heterocycles. The van der Waals surface area contributed by atoms with Crippen molar-refractivity contribution in [2.45, 2.75) is 38.5 Å². The number of benzene rings is 1. The molecule has 0 atom stereocenters. The lowest BCUT2D eigenvalue weighted by atomic mass is 9.90. The van der Waals surface area contributed by atoms with Crippen molar-refractivity contribution in [3.05, 3.63) is 34.9 Å². The third-order valence-corrected chi connectivity index (χ3v) is 3.66. The first-order valence-corrected chi connectivity index (χ1v) is 7.26. The molecule has 18 heavy (non-hydrogen) atoms. The molecule has 0 saturated heterocycles. The average molecular weight is 266 g/mol. The van der Waals surface area contributed by atoms with Crippen molar-refractivity contribution in [3.8, 4) is 0 Å². The highest BCUT2D eigenvalue weighted by Gasteiger charge is 2.09. The number of fused-ring (bicyclic) bond motifs is 1. The van der Waals surface area contributed by atoms with E-state index in [4.69, 9.17) is 11.6 Å². The van der Waals surface area contributed by atoms with Crippen LogP contribution in [-0.4, -0.2) is 18.3 Å². The maximum atomic E-state index is 11.3. The first kappa shape index (κ1) is 13.4. The summed E-state index contributed by atoms with van der Waals surface area (Å²) in [6.07, 6.45) is 6.38. The third kappa shape index (κ3) is 3.74. The molecule has 98 valence electrons. The molecule has 1 aromatic rings. The predicted octanol–water partition coefficient (Wildman–Crippen LogP) is 2.85. The van der Waals surface area contributed by atoms with Gasteiger partial charge in [-0.3, -0.25) is 4.79 Å². The summed E-state index contributed by atoms with van der Waals surface area (Å²) in [7, 11) is 0. The van der Waals surface area contributed by atoms with E-state index in [-0.39, 0.29) is 5.91 Å². The number of halogens is 1. The number of nitrogens with one attached hydrogen (secondary N) is 1. The molecular weight excluding hydrogens is 246 g/mol. The summed E-state index contributed by atoms with van der Waals surface area (Å²) in [5.41, 5.74) is 4.34. The van der Waals surface area contributed by atoms with Crippen molar-refractivity contribution >= 4 is 17.5 Å². The zero-order valence-corrected chi connectivity index (χ0v) is 11.4. The molecule has 2 nitrogen and oxygen atoms in total. The molecule has 0 fully saturated rings. The minimum Gasteiger partial charge on any atom is -0.356 e. The minimum absolute atomic E-state index is 0.0444. The highest BCUT2D eigenvalue weighted by atomic mass is 35.5. The van der Waals surface area contributed by atoms with Crippen LogP contribution in [0.15, 0.2) is 18.2 Å². The number of hydrogen-bond donors (Lipinski definition) is 1. The monoisotopic (exact) mass is 265 g/mol. The molecular formula is C15H20ClNO. The number of alkyl halides is 1. The predicted molar refractivity (Wildman–Crippen MR) is 75.1 cm³/mol. The van der Waals surface area contributed by atoms with Gasteiger partial charge in [-0.2, -0.15) is 0 Å². The average Bonchev–Trinajstić information content (AvgIpc) is 2.39. The van der Waals surface area contributed by atoms with Crippen LogP contribution in [0.1, 0.15) is 36.0 Å². The molecule has 0 saturated carbocycles. The van der Waals surface area contributed by atoms with Crippen molar-refractivity contribution < 1.29 is 4.79 Å². The van der Waals surface area contributed by atoms with Crippen molar-refractivity contribution in [1.82, 2.24) is 5.32 Å². The van der Waals surface area contributed by atoms with Crippen LogP contribution in [0, 0.1) is 0 Å². The smallest absolute Gasteiger partial charge is 0.221 e. The van der Waals surface area contributed by atoms with Crippen LogP contribution in [0.3, 0.4) is 0 Å². The molecule has 0 aromatic heterocycles. The van der Waals surface area contributed by atoms with E-state index in [1.165, 1.54) is 42.4 Å². The summed E-state index contributed by atoms with van der Waals surface area (Å²) in [5, 5.41) is 2.89. The molecule has 1 amide bonds. The summed E-state index contributed by atoms with van der Waals surface area (Å²) in [6.45, 7) is 0.703.